The zero-order valence-electron chi connectivity index (χ0n) is 19.1. The first-order valence-corrected chi connectivity index (χ1v) is 11.5. The second-order valence-corrected chi connectivity index (χ2v) is 8.89. The van der Waals surface area contributed by atoms with Crippen LogP contribution in [0.25, 0.3) is 6.08 Å². The fraction of sp³-hybridized carbons (Fsp3) is 0.250. The van der Waals surface area contributed by atoms with Gasteiger partial charge in [-0.25, -0.2) is 4.39 Å². The summed E-state index contributed by atoms with van der Waals surface area (Å²) in [5, 5.41) is 10.7. The van der Waals surface area contributed by atoms with Gasteiger partial charge in [-0.3, -0.25) is 14.6 Å². The summed E-state index contributed by atoms with van der Waals surface area (Å²) in [6.07, 6.45) is 1.43. The van der Waals surface area contributed by atoms with E-state index in [-0.39, 0.29) is 22.9 Å². The Kier molecular flexibility index (Phi) is 6.18. The number of fused-ring (bicyclic) bond motifs is 1. The summed E-state index contributed by atoms with van der Waals surface area (Å²) in [5.41, 5.74) is 3.27. The van der Waals surface area contributed by atoms with Crippen LogP contribution in [-0.2, 0) is 13.1 Å². The zero-order chi connectivity index (χ0) is 23.7. The highest BCUT2D eigenvalue weighted by molar-refractivity contribution is 6.15. The summed E-state index contributed by atoms with van der Waals surface area (Å²) >= 11 is 0. The molecule has 0 unspecified atom stereocenters. The molecule has 34 heavy (non-hydrogen) atoms. The maximum absolute atomic E-state index is 14.1. The van der Waals surface area contributed by atoms with Gasteiger partial charge in [0.25, 0.3) is 0 Å². The van der Waals surface area contributed by atoms with Gasteiger partial charge in [-0.15, -0.1) is 0 Å². The number of rotatable bonds is 5. The van der Waals surface area contributed by atoms with Crippen LogP contribution >= 0.6 is 0 Å². The van der Waals surface area contributed by atoms with Crippen molar-refractivity contribution >= 4 is 11.9 Å². The molecule has 2 aliphatic rings. The number of carbonyl (C=O) groups excluding carboxylic acids is 1. The normalized spacial score (nSPS) is 17.7. The third-order valence-corrected chi connectivity index (χ3v) is 6.51. The van der Waals surface area contributed by atoms with Gasteiger partial charge in [-0.2, -0.15) is 0 Å². The van der Waals surface area contributed by atoms with Gasteiger partial charge in [0, 0.05) is 44.8 Å². The number of carbonyl (C=O) groups is 1. The highest BCUT2D eigenvalue weighted by Crippen LogP contribution is 2.42. The van der Waals surface area contributed by atoms with Gasteiger partial charge < -0.3 is 9.84 Å². The molecule has 174 valence electrons. The number of nitrogens with zero attached hydrogens (tertiary/aromatic N) is 2. The fourth-order valence-corrected chi connectivity index (χ4v) is 4.64. The molecule has 2 aliphatic heterocycles. The van der Waals surface area contributed by atoms with Crippen molar-refractivity contribution in [2.24, 2.45) is 0 Å². The number of piperazine rings is 1. The number of aromatic hydroxyl groups is 1. The number of phenols is 1. The fourth-order valence-electron chi connectivity index (χ4n) is 4.64. The first-order chi connectivity index (χ1) is 16.5. The van der Waals surface area contributed by atoms with E-state index in [2.05, 4.69) is 34.1 Å². The van der Waals surface area contributed by atoms with Crippen molar-refractivity contribution in [2.75, 3.05) is 26.2 Å². The van der Waals surface area contributed by atoms with Crippen molar-refractivity contribution in [1.29, 1.82) is 0 Å². The Hall–Kier alpha value is -3.48. The van der Waals surface area contributed by atoms with Crippen molar-refractivity contribution < 1.29 is 19.0 Å². The van der Waals surface area contributed by atoms with E-state index in [9.17, 15) is 14.3 Å². The Balaban J connectivity index is 1.33. The van der Waals surface area contributed by atoms with Crippen molar-refractivity contribution in [1.82, 2.24) is 9.80 Å². The number of phenolic OH excluding ortho intramolecular Hbond substituents is 1. The molecule has 0 bridgehead atoms. The van der Waals surface area contributed by atoms with Crippen LogP contribution in [0.5, 0.6) is 11.5 Å². The summed E-state index contributed by atoms with van der Waals surface area (Å²) in [4.78, 5) is 17.8. The minimum Gasteiger partial charge on any atom is -0.507 e. The second kappa shape index (κ2) is 9.41. The van der Waals surface area contributed by atoms with Crippen LogP contribution in [-0.4, -0.2) is 46.9 Å². The van der Waals surface area contributed by atoms with Crippen molar-refractivity contribution in [3.8, 4) is 11.5 Å². The maximum atomic E-state index is 14.1. The number of halogens is 1. The van der Waals surface area contributed by atoms with Crippen molar-refractivity contribution in [2.45, 2.75) is 20.0 Å². The molecule has 0 radical (unpaired) electrons. The predicted molar refractivity (Wildman–Crippen MR) is 129 cm³/mol. The first-order valence-electron chi connectivity index (χ1n) is 11.5. The molecule has 6 heteroatoms. The molecule has 0 saturated carbocycles. The monoisotopic (exact) mass is 458 g/mol. The molecule has 1 saturated heterocycles. The van der Waals surface area contributed by atoms with E-state index in [1.165, 1.54) is 17.7 Å². The third kappa shape index (κ3) is 4.47. The summed E-state index contributed by atoms with van der Waals surface area (Å²) in [7, 11) is 0. The van der Waals surface area contributed by atoms with E-state index < -0.39 is 5.82 Å². The summed E-state index contributed by atoms with van der Waals surface area (Å²) in [6, 6.07) is 18.3. The van der Waals surface area contributed by atoms with Gasteiger partial charge in [0.15, 0.2) is 5.76 Å². The highest BCUT2D eigenvalue weighted by atomic mass is 19.1. The lowest BCUT2D eigenvalue weighted by atomic mass is 9.99. The molecule has 0 aromatic heterocycles. The molecular weight excluding hydrogens is 431 g/mol. The zero-order valence-corrected chi connectivity index (χ0v) is 19.1. The summed E-state index contributed by atoms with van der Waals surface area (Å²) < 4.78 is 20.1. The highest BCUT2D eigenvalue weighted by Gasteiger charge is 2.34. The number of ketones is 1. The lowest BCUT2D eigenvalue weighted by Crippen LogP contribution is -2.45. The molecule has 2 heterocycles. The first kappa shape index (κ1) is 22.3. The predicted octanol–water partition coefficient (Wildman–Crippen LogP) is 4.77. The molecule has 1 fully saturated rings. The Morgan fingerprint density at radius 1 is 0.971 bits per heavy atom. The number of aryl methyl sites for hydroxylation is 1. The molecule has 0 atom stereocenters. The van der Waals surface area contributed by atoms with Crippen LogP contribution in [0.1, 0.15) is 32.6 Å². The van der Waals surface area contributed by atoms with Crippen LogP contribution in [0.2, 0.25) is 0 Å². The quantitative estimate of drug-likeness (QED) is 0.558. The lowest BCUT2D eigenvalue weighted by Gasteiger charge is -2.35. The number of benzene rings is 3. The van der Waals surface area contributed by atoms with Crippen molar-refractivity contribution in [3.05, 3.63) is 100 Å². The van der Waals surface area contributed by atoms with Crippen molar-refractivity contribution in [3.63, 3.8) is 0 Å². The largest absolute Gasteiger partial charge is 0.507 e. The summed E-state index contributed by atoms with van der Waals surface area (Å²) in [5.74, 6) is -0.136. The van der Waals surface area contributed by atoms with E-state index in [4.69, 9.17) is 4.74 Å². The number of allylic oxidation sites excluding steroid dienone is 1. The minimum absolute atomic E-state index is 0.0720. The van der Waals surface area contributed by atoms with Crippen LogP contribution in [0.3, 0.4) is 0 Å². The van der Waals surface area contributed by atoms with Crippen LogP contribution in [0.4, 0.5) is 4.39 Å². The van der Waals surface area contributed by atoms with Gasteiger partial charge in [-0.1, -0.05) is 48.5 Å². The van der Waals surface area contributed by atoms with E-state index in [0.29, 0.717) is 29.0 Å². The molecule has 5 nitrogen and oxygen atoms in total. The third-order valence-electron chi connectivity index (χ3n) is 6.51. The SMILES string of the molecule is Cc1cc(O)c(CN2CCN(Cc3ccccc3)CC2)c2c1C(=O)/C(=C/c1ccccc1F)O2. The standard InChI is InChI=1S/C28H27FN2O3/c1-19-15-24(32)22(18-31-13-11-30(12-14-31)17-20-7-3-2-4-8-20)28-26(19)27(33)25(34-28)16-21-9-5-6-10-23(21)29/h2-10,15-16,32H,11-14,17-18H2,1H3/b25-16-. The average Bonchev–Trinajstić information content (AvgIpc) is 3.16. The van der Waals surface area contributed by atoms with Crippen LogP contribution in [0, 0.1) is 12.7 Å². The number of ether oxygens (including phenoxy) is 1. The maximum Gasteiger partial charge on any atom is 0.232 e. The Morgan fingerprint density at radius 2 is 1.62 bits per heavy atom. The molecule has 3 aromatic rings. The van der Waals surface area contributed by atoms with E-state index in [0.717, 1.165) is 32.7 Å². The molecule has 3 aromatic carbocycles. The van der Waals surface area contributed by atoms with E-state index in [1.54, 1.807) is 31.2 Å². The van der Waals surface area contributed by atoms with Gasteiger partial charge in [0.1, 0.15) is 17.3 Å². The topological polar surface area (TPSA) is 53.0 Å². The number of hydrogen-bond donors (Lipinski definition) is 1. The molecule has 1 N–H and O–H groups in total. The van der Waals surface area contributed by atoms with Gasteiger partial charge in [0.05, 0.1) is 11.1 Å². The Morgan fingerprint density at radius 3 is 2.32 bits per heavy atom. The van der Waals surface area contributed by atoms with E-state index >= 15 is 0 Å². The second-order valence-electron chi connectivity index (χ2n) is 8.89. The van der Waals surface area contributed by atoms with Crippen LogP contribution < -0.4 is 4.74 Å². The minimum atomic E-state index is -0.421. The molecule has 5 rings (SSSR count). The molecule has 0 spiro atoms. The summed E-state index contributed by atoms with van der Waals surface area (Å²) in [6.45, 7) is 6.71. The lowest BCUT2D eigenvalue weighted by molar-refractivity contribution is 0.101. The van der Waals surface area contributed by atoms with Gasteiger partial charge in [-0.05, 0) is 36.3 Å². The van der Waals surface area contributed by atoms with E-state index in [1.807, 2.05) is 6.07 Å². The van der Waals surface area contributed by atoms with Gasteiger partial charge in [0.2, 0.25) is 5.78 Å². The number of Topliss-reactive ketones (excluding diaryl/α,β-unsaturated/α-hetero) is 1. The van der Waals surface area contributed by atoms with Crippen LogP contribution in [0.15, 0.2) is 66.4 Å². The smallest absolute Gasteiger partial charge is 0.232 e. The van der Waals surface area contributed by atoms with Gasteiger partial charge >= 0.3 is 0 Å². The molecular formula is C28H27FN2O3. The Labute approximate surface area is 198 Å². The average molecular weight is 459 g/mol. The number of hydrogen-bond acceptors (Lipinski definition) is 5. The molecule has 0 amide bonds. The Bertz CT molecular complexity index is 1250. The molecule has 0 aliphatic carbocycles.